The van der Waals surface area contributed by atoms with Gasteiger partial charge in [0.2, 0.25) is 0 Å². The van der Waals surface area contributed by atoms with Gasteiger partial charge >= 0.3 is 11.9 Å². The number of hydrogen-bond acceptors (Lipinski definition) is 12. The average molecular weight is 575 g/mol. The van der Waals surface area contributed by atoms with E-state index >= 15 is 0 Å². The fourth-order valence-corrected chi connectivity index (χ4v) is 3.12. The van der Waals surface area contributed by atoms with Gasteiger partial charge in [-0.25, -0.2) is 9.59 Å². The Morgan fingerprint density at radius 2 is 0.750 bits per heavy atom. The molecule has 0 aliphatic carbocycles. The van der Waals surface area contributed by atoms with E-state index in [9.17, 15) is 9.59 Å². The minimum absolute atomic E-state index is 0.118. The Bertz CT molecular complexity index is 736. The van der Waals surface area contributed by atoms with Crippen LogP contribution in [0.25, 0.3) is 0 Å². The molecule has 0 saturated carbocycles. The van der Waals surface area contributed by atoms with Crippen molar-refractivity contribution in [1.82, 2.24) is 0 Å². The second kappa shape index (κ2) is 24.3. The van der Waals surface area contributed by atoms with Crippen LogP contribution in [0.5, 0.6) is 11.5 Å². The van der Waals surface area contributed by atoms with Gasteiger partial charge in [0, 0.05) is 13.2 Å². The molecule has 0 radical (unpaired) electrons. The third-order valence-electron chi connectivity index (χ3n) is 4.94. The molecule has 0 bridgehead atoms. The first-order chi connectivity index (χ1) is 19.6. The van der Waals surface area contributed by atoms with Gasteiger partial charge in [-0.2, -0.15) is 0 Å². The highest BCUT2D eigenvalue weighted by Gasteiger charge is 2.23. The fraction of sp³-hybridized carbons (Fsp3) is 0.714. The molecule has 0 aromatic heterocycles. The number of ether oxygens (including phenoxy) is 10. The lowest BCUT2D eigenvalue weighted by Crippen LogP contribution is -2.17. The van der Waals surface area contributed by atoms with Crippen molar-refractivity contribution in [3.05, 3.63) is 23.3 Å². The Hall–Kier alpha value is -2.48. The number of esters is 2. The molecule has 0 N–H and O–H groups in total. The van der Waals surface area contributed by atoms with Crippen LogP contribution >= 0.6 is 0 Å². The second-order valence-electron chi connectivity index (χ2n) is 7.83. The van der Waals surface area contributed by atoms with Crippen molar-refractivity contribution in [2.75, 3.05) is 106 Å². The SMILES string of the molecule is CCOCCOCCOCCOc1cc(C(=O)OCC)c(OCCOCCOCCOCC)cc1C(=O)OCC. The summed E-state index contributed by atoms with van der Waals surface area (Å²) in [5, 5.41) is 0. The first-order valence-electron chi connectivity index (χ1n) is 13.8. The van der Waals surface area contributed by atoms with Gasteiger partial charge in [-0.3, -0.25) is 0 Å². The maximum atomic E-state index is 12.7. The third kappa shape index (κ3) is 15.9. The first-order valence-corrected chi connectivity index (χ1v) is 13.8. The highest BCUT2D eigenvalue weighted by molar-refractivity contribution is 5.98. The molecule has 0 heterocycles. The van der Waals surface area contributed by atoms with Crippen LogP contribution in [0.2, 0.25) is 0 Å². The molecule has 230 valence electrons. The molecular formula is C28H46O12. The van der Waals surface area contributed by atoms with Crippen LogP contribution in [0.15, 0.2) is 12.1 Å². The van der Waals surface area contributed by atoms with Crippen LogP contribution < -0.4 is 9.47 Å². The molecule has 12 heteroatoms. The van der Waals surface area contributed by atoms with Crippen LogP contribution in [0, 0.1) is 0 Å². The predicted molar refractivity (Wildman–Crippen MR) is 146 cm³/mol. The van der Waals surface area contributed by atoms with Gasteiger partial charge in [0.1, 0.15) is 35.8 Å². The summed E-state index contributed by atoms with van der Waals surface area (Å²) in [6, 6.07) is 2.84. The van der Waals surface area contributed by atoms with E-state index < -0.39 is 11.9 Å². The molecule has 0 aliphatic rings. The van der Waals surface area contributed by atoms with Gasteiger partial charge in [-0.1, -0.05) is 0 Å². The van der Waals surface area contributed by atoms with E-state index in [0.29, 0.717) is 66.1 Å². The van der Waals surface area contributed by atoms with Gasteiger partial charge in [0.25, 0.3) is 0 Å². The number of rotatable bonds is 26. The van der Waals surface area contributed by atoms with Gasteiger partial charge < -0.3 is 47.4 Å². The first kappa shape index (κ1) is 35.5. The molecule has 1 aromatic rings. The average Bonchev–Trinajstić information content (AvgIpc) is 2.95. The Labute approximate surface area is 237 Å². The molecule has 1 aromatic carbocycles. The molecule has 12 nitrogen and oxygen atoms in total. The van der Waals surface area contributed by atoms with Crippen LogP contribution in [-0.4, -0.2) is 118 Å². The van der Waals surface area contributed by atoms with Gasteiger partial charge in [-0.05, 0) is 39.8 Å². The molecule has 0 atom stereocenters. The van der Waals surface area contributed by atoms with Crippen molar-refractivity contribution in [2.24, 2.45) is 0 Å². The largest absolute Gasteiger partial charge is 0.490 e. The molecule has 40 heavy (non-hydrogen) atoms. The third-order valence-corrected chi connectivity index (χ3v) is 4.94. The van der Waals surface area contributed by atoms with E-state index in [1.165, 1.54) is 12.1 Å². The summed E-state index contributed by atoms with van der Waals surface area (Å²) in [6.07, 6.45) is 0. The van der Waals surface area contributed by atoms with Crippen LogP contribution in [0.3, 0.4) is 0 Å². The summed E-state index contributed by atoms with van der Waals surface area (Å²) in [6.45, 7) is 13.3. The van der Waals surface area contributed by atoms with E-state index in [4.69, 9.17) is 47.4 Å². The van der Waals surface area contributed by atoms with E-state index in [1.54, 1.807) is 13.8 Å². The topological polar surface area (TPSA) is 126 Å². The number of hydrogen-bond donors (Lipinski definition) is 0. The number of carbonyl (C=O) groups is 2. The van der Waals surface area contributed by atoms with E-state index in [1.807, 2.05) is 13.8 Å². The quantitative estimate of drug-likeness (QED) is 0.119. The standard InChI is InChI=1S/C28H46O12/c1-5-31-9-11-33-13-15-35-17-19-39-25-21-24(28(30)38-8-4)26(22-23(25)27(29)37-7-3)40-20-18-36-16-14-34-12-10-32-6-2/h21-22H,5-20H2,1-4H3. The van der Waals surface area contributed by atoms with Crippen molar-refractivity contribution in [1.29, 1.82) is 0 Å². The normalized spacial score (nSPS) is 10.9. The van der Waals surface area contributed by atoms with Gasteiger partial charge in [-0.15, -0.1) is 0 Å². The zero-order valence-electron chi connectivity index (χ0n) is 24.4. The molecule has 0 saturated heterocycles. The van der Waals surface area contributed by atoms with Crippen LogP contribution in [-0.2, 0) is 37.9 Å². The van der Waals surface area contributed by atoms with E-state index in [2.05, 4.69) is 0 Å². The number of carbonyl (C=O) groups excluding carboxylic acids is 2. The predicted octanol–water partition coefficient (Wildman–Crippen LogP) is 2.94. The van der Waals surface area contributed by atoms with Crippen molar-refractivity contribution >= 4 is 11.9 Å². The lowest BCUT2D eigenvalue weighted by molar-refractivity contribution is 0.0109. The summed E-state index contributed by atoms with van der Waals surface area (Å²) in [5.74, 6) is -0.902. The molecule has 0 aliphatic heterocycles. The molecule has 0 fully saturated rings. The van der Waals surface area contributed by atoms with Gasteiger partial charge in [0.15, 0.2) is 0 Å². The highest BCUT2D eigenvalue weighted by Crippen LogP contribution is 2.31. The van der Waals surface area contributed by atoms with Gasteiger partial charge in [0.05, 0.1) is 79.3 Å². The summed E-state index contributed by atoms with van der Waals surface area (Å²) in [4.78, 5) is 25.3. The Morgan fingerprint density at radius 1 is 0.450 bits per heavy atom. The Balaban J connectivity index is 2.72. The lowest BCUT2D eigenvalue weighted by atomic mass is 10.1. The summed E-state index contributed by atoms with van der Waals surface area (Å²) in [5.41, 5.74) is 0.237. The monoisotopic (exact) mass is 574 g/mol. The van der Waals surface area contributed by atoms with E-state index in [-0.39, 0.29) is 62.3 Å². The van der Waals surface area contributed by atoms with E-state index in [0.717, 1.165) is 0 Å². The lowest BCUT2D eigenvalue weighted by Gasteiger charge is -2.17. The summed E-state index contributed by atoms with van der Waals surface area (Å²) < 4.78 is 54.2. The minimum atomic E-state index is -0.609. The Kier molecular flexibility index (Phi) is 21.6. The second-order valence-corrected chi connectivity index (χ2v) is 7.83. The maximum Gasteiger partial charge on any atom is 0.342 e. The summed E-state index contributed by atoms with van der Waals surface area (Å²) >= 11 is 0. The van der Waals surface area contributed by atoms with Crippen LogP contribution in [0.1, 0.15) is 48.4 Å². The summed E-state index contributed by atoms with van der Waals surface area (Å²) in [7, 11) is 0. The van der Waals surface area contributed by atoms with Crippen molar-refractivity contribution < 1.29 is 57.0 Å². The van der Waals surface area contributed by atoms with Crippen LogP contribution in [0.4, 0.5) is 0 Å². The maximum absolute atomic E-state index is 12.7. The van der Waals surface area contributed by atoms with Crippen molar-refractivity contribution in [3.8, 4) is 11.5 Å². The Morgan fingerprint density at radius 3 is 1.05 bits per heavy atom. The van der Waals surface area contributed by atoms with Crippen molar-refractivity contribution in [3.63, 3.8) is 0 Å². The molecule has 0 spiro atoms. The molecule has 0 unspecified atom stereocenters. The fourth-order valence-electron chi connectivity index (χ4n) is 3.12. The molecule has 0 amide bonds. The molecular weight excluding hydrogens is 528 g/mol. The minimum Gasteiger partial charge on any atom is -0.490 e. The smallest absolute Gasteiger partial charge is 0.342 e. The van der Waals surface area contributed by atoms with Crippen molar-refractivity contribution in [2.45, 2.75) is 27.7 Å². The zero-order chi connectivity index (χ0) is 29.3. The zero-order valence-corrected chi connectivity index (χ0v) is 24.4. The molecule has 1 rings (SSSR count). The highest BCUT2D eigenvalue weighted by atomic mass is 16.6. The number of benzene rings is 1.